The standard InChI is InChI=1S/C8H6BrN3O2/c9-5-2-1-3-10-7(5)8-11-6(4-13)12-14-8/h1-3,13H,4H2. The first-order valence-electron chi connectivity index (χ1n) is 3.85. The van der Waals surface area contributed by atoms with Crippen molar-refractivity contribution in [3.05, 3.63) is 28.6 Å². The molecule has 0 radical (unpaired) electrons. The van der Waals surface area contributed by atoms with Crippen LogP contribution >= 0.6 is 15.9 Å². The Hall–Kier alpha value is -1.27. The zero-order valence-electron chi connectivity index (χ0n) is 7.01. The highest BCUT2D eigenvalue weighted by Crippen LogP contribution is 2.23. The lowest BCUT2D eigenvalue weighted by molar-refractivity contribution is 0.264. The van der Waals surface area contributed by atoms with Gasteiger partial charge in [-0.25, -0.2) is 4.98 Å². The van der Waals surface area contributed by atoms with Crippen molar-refractivity contribution in [2.24, 2.45) is 0 Å². The first kappa shape index (κ1) is 9.29. The number of hydrogen-bond acceptors (Lipinski definition) is 5. The largest absolute Gasteiger partial charge is 0.388 e. The van der Waals surface area contributed by atoms with E-state index in [9.17, 15) is 0 Å². The molecule has 0 aliphatic rings. The van der Waals surface area contributed by atoms with Crippen LogP contribution in [0.25, 0.3) is 11.6 Å². The van der Waals surface area contributed by atoms with Gasteiger partial charge in [-0.15, -0.1) is 0 Å². The summed E-state index contributed by atoms with van der Waals surface area (Å²) in [4.78, 5) is 8.01. The van der Waals surface area contributed by atoms with E-state index in [1.165, 1.54) is 0 Å². The second-order valence-corrected chi connectivity index (χ2v) is 3.36. The SMILES string of the molecule is OCc1noc(-c2ncccc2Br)n1. The van der Waals surface area contributed by atoms with Crippen molar-refractivity contribution in [1.82, 2.24) is 15.1 Å². The predicted molar refractivity (Wildman–Crippen MR) is 51.2 cm³/mol. The number of aromatic nitrogens is 3. The highest BCUT2D eigenvalue weighted by Gasteiger charge is 2.11. The molecule has 6 heteroatoms. The van der Waals surface area contributed by atoms with E-state index >= 15 is 0 Å². The number of halogens is 1. The molecule has 14 heavy (non-hydrogen) atoms. The molecular weight excluding hydrogens is 250 g/mol. The summed E-state index contributed by atoms with van der Waals surface area (Å²) in [7, 11) is 0. The first-order valence-corrected chi connectivity index (χ1v) is 4.65. The molecule has 2 aromatic rings. The van der Waals surface area contributed by atoms with Crippen LogP contribution in [0.4, 0.5) is 0 Å². The van der Waals surface area contributed by atoms with E-state index in [2.05, 4.69) is 31.1 Å². The topological polar surface area (TPSA) is 72.0 Å². The average molecular weight is 256 g/mol. The molecular formula is C8H6BrN3O2. The van der Waals surface area contributed by atoms with Crippen molar-refractivity contribution in [2.75, 3.05) is 0 Å². The number of aliphatic hydroxyl groups is 1. The Morgan fingerprint density at radius 1 is 1.50 bits per heavy atom. The van der Waals surface area contributed by atoms with Gasteiger partial charge in [0.1, 0.15) is 12.3 Å². The molecule has 0 spiro atoms. The van der Waals surface area contributed by atoms with E-state index in [-0.39, 0.29) is 12.4 Å². The molecule has 2 heterocycles. The Kier molecular flexibility index (Phi) is 2.55. The zero-order valence-corrected chi connectivity index (χ0v) is 8.60. The van der Waals surface area contributed by atoms with Crippen molar-refractivity contribution < 1.29 is 9.63 Å². The molecule has 0 unspecified atom stereocenters. The van der Waals surface area contributed by atoms with Gasteiger partial charge in [-0.3, -0.25) is 0 Å². The molecule has 72 valence electrons. The fourth-order valence-corrected chi connectivity index (χ4v) is 1.38. The summed E-state index contributed by atoms with van der Waals surface area (Å²) in [6, 6.07) is 3.61. The highest BCUT2D eigenvalue weighted by molar-refractivity contribution is 9.10. The monoisotopic (exact) mass is 255 g/mol. The summed E-state index contributed by atoms with van der Waals surface area (Å²) in [5, 5.41) is 12.3. The molecule has 0 bridgehead atoms. The molecule has 5 nitrogen and oxygen atoms in total. The maximum Gasteiger partial charge on any atom is 0.277 e. The van der Waals surface area contributed by atoms with Gasteiger partial charge in [0, 0.05) is 10.7 Å². The second kappa shape index (κ2) is 3.85. The Bertz CT molecular complexity index is 444. The molecule has 0 amide bonds. The average Bonchev–Trinajstić information content (AvgIpc) is 2.67. The van der Waals surface area contributed by atoms with Gasteiger partial charge in [0.05, 0.1) is 0 Å². The Balaban J connectivity index is 2.44. The van der Waals surface area contributed by atoms with Gasteiger partial charge in [0.2, 0.25) is 0 Å². The summed E-state index contributed by atoms with van der Waals surface area (Å²) in [6.07, 6.45) is 1.63. The fraction of sp³-hybridized carbons (Fsp3) is 0.125. The molecule has 0 aliphatic heterocycles. The number of nitrogens with zero attached hydrogens (tertiary/aromatic N) is 3. The van der Waals surface area contributed by atoms with Crippen molar-refractivity contribution in [3.63, 3.8) is 0 Å². The quantitative estimate of drug-likeness (QED) is 0.878. The number of rotatable bonds is 2. The normalized spacial score (nSPS) is 10.4. The molecule has 2 rings (SSSR count). The summed E-state index contributed by atoms with van der Waals surface area (Å²) >= 11 is 3.31. The molecule has 0 saturated heterocycles. The Morgan fingerprint density at radius 3 is 3.00 bits per heavy atom. The molecule has 1 N–H and O–H groups in total. The van der Waals surface area contributed by atoms with Gasteiger partial charge in [-0.1, -0.05) is 5.16 Å². The van der Waals surface area contributed by atoms with Crippen LogP contribution in [0.1, 0.15) is 5.82 Å². The number of aliphatic hydroxyl groups excluding tert-OH is 1. The van der Waals surface area contributed by atoms with Crippen molar-refractivity contribution in [3.8, 4) is 11.6 Å². The molecule has 0 atom stereocenters. The highest BCUT2D eigenvalue weighted by atomic mass is 79.9. The van der Waals surface area contributed by atoms with Crippen LogP contribution in [0, 0.1) is 0 Å². The lowest BCUT2D eigenvalue weighted by Gasteiger charge is -1.94. The third-order valence-electron chi connectivity index (χ3n) is 1.57. The van der Waals surface area contributed by atoms with E-state index in [4.69, 9.17) is 9.63 Å². The lowest BCUT2D eigenvalue weighted by atomic mass is 10.3. The Labute approximate surface area is 87.9 Å². The molecule has 0 aliphatic carbocycles. The van der Waals surface area contributed by atoms with Gasteiger partial charge >= 0.3 is 0 Å². The third kappa shape index (κ3) is 1.66. The summed E-state index contributed by atoms with van der Waals surface area (Å²) < 4.78 is 5.68. The minimum atomic E-state index is -0.242. The van der Waals surface area contributed by atoms with Gasteiger partial charge in [0.25, 0.3) is 5.89 Å². The van der Waals surface area contributed by atoms with Crippen LogP contribution in [0.2, 0.25) is 0 Å². The smallest absolute Gasteiger partial charge is 0.277 e. The minimum absolute atomic E-state index is 0.242. The summed E-state index contributed by atoms with van der Waals surface area (Å²) in [5.74, 6) is 0.541. The van der Waals surface area contributed by atoms with Crippen LogP contribution in [-0.2, 0) is 6.61 Å². The third-order valence-corrected chi connectivity index (χ3v) is 2.21. The van der Waals surface area contributed by atoms with Crippen molar-refractivity contribution >= 4 is 15.9 Å². The van der Waals surface area contributed by atoms with Gasteiger partial charge in [-0.05, 0) is 28.1 Å². The summed E-state index contributed by atoms with van der Waals surface area (Å²) in [6.45, 7) is -0.242. The van der Waals surface area contributed by atoms with Crippen molar-refractivity contribution in [1.29, 1.82) is 0 Å². The van der Waals surface area contributed by atoms with Gasteiger partial charge in [0.15, 0.2) is 5.82 Å². The predicted octanol–water partition coefficient (Wildman–Crippen LogP) is 1.39. The van der Waals surface area contributed by atoms with Crippen LogP contribution in [0.3, 0.4) is 0 Å². The van der Waals surface area contributed by atoms with Crippen LogP contribution in [0.5, 0.6) is 0 Å². The van der Waals surface area contributed by atoms with Gasteiger partial charge < -0.3 is 9.63 Å². The molecule has 0 fully saturated rings. The fourth-order valence-electron chi connectivity index (χ4n) is 0.957. The van der Waals surface area contributed by atoms with Crippen LogP contribution in [0.15, 0.2) is 27.3 Å². The Morgan fingerprint density at radius 2 is 2.36 bits per heavy atom. The minimum Gasteiger partial charge on any atom is -0.388 e. The number of hydrogen-bond donors (Lipinski definition) is 1. The maximum absolute atomic E-state index is 8.75. The number of pyridine rings is 1. The van der Waals surface area contributed by atoms with Gasteiger partial charge in [-0.2, -0.15) is 4.98 Å². The van der Waals surface area contributed by atoms with E-state index in [1.807, 2.05) is 6.07 Å². The van der Waals surface area contributed by atoms with Crippen molar-refractivity contribution in [2.45, 2.75) is 6.61 Å². The lowest BCUT2D eigenvalue weighted by Crippen LogP contribution is -1.87. The zero-order chi connectivity index (χ0) is 9.97. The van der Waals surface area contributed by atoms with Crippen LogP contribution < -0.4 is 0 Å². The second-order valence-electron chi connectivity index (χ2n) is 2.51. The maximum atomic E-state index is 8.75. The molecule has 0 saturated carbocycles. The van der Waals surface area contributed by atoms with Crippen LogP contribution in [-0.4, -0.2) is 20.2 Å². The van der Waals surface area contributed by atoms with E-state index in [0.717, 1.165) is 4.47 Å². The summed E-state index contributed by atoms with van der Waals surface area (Å²) in [5.41, 5.74) is 0.569. The molecule has 0 aromatic carbocycles. The first-order chi connectivity index (χ1) is 6.81. The van der Waals surface area contributed by atoms with E-state index in [0.29, 0.717) is 11.6 Å². The van der Waals surface area contributed by atoms with E-state index < -0.39 is 0 Å². The molecule has 2 aromatic heterocycles. The van der Waals surface area contributed by atoms with E-state index in [1.54, 1.807) is 12.3 Å².